The highest BCUT2D eigenvalue weighted by atomic mass is 16.3. The molecule has 0 unspecified atom stereocenters. The van der Waals surface area contributed by atoms with Gasteiger partial charge in [-0.1, -0.05) is 12.5 Å². The topological polar surface area (TPSA) is 484 Å². The number of aromatic nitrogens is 2. The first-order valence-corrected chi connectivity index (χ1v) is 25.1. The van der Waals surface area contributed by atoms with Crippen LogP contribution in [0.3, 0.4) is 0 Å². The Hall–Kier alpha value is -6.59. The van der Waals surface area contributed by atoms with Crippen LogP contribution in [0.15, 0.2) is 29.2 Å². The minimum atomic E-state index is -1.54. The number of Topliss-reactive ketones (excluding diaryl/α,β-unsaturated/α-hetero) is 1. The molecule has 0 bridgehead atoms. The van der Waals surface area contributed by atoms with Crippen molar-refractivity contribution in [2.24, 2.45) is 45.1 Å². The number of unbranched alkanes of at least 4 members (excludes halogenated alkanes) is 2. The molecule has 1 fully saturated rings. The van der Waals surface area contributed by atoms with Crippen LogP contribution in [-0.2, 0) is 49.6 Å². The van der Waals surface area contributed by atoms with Crippen LogP contribution in [0, 0.1) is 0 Å². The molecule has 0 aliphatic carbocycles. The zero-order valence-corrected chi connectivity index (χ0v) is 42.7. The van der Waals surface area contributed by atoms with Crippen molar-refractivity contribution in [3.8, 4) is 0 Å². The van der Waals surface area contributed by atoms with Gasteiger partial charge in [0.05, 0.1) is 31.1 Å². The molecule has 28 nitrogen and oxygen atoms in total. The molecule has 23 N–H and O–H groups in total. The second-order valence-electron chi connectivity index (χ2n) is 18.0. The van der Waals surface area contributed by atoms with Crippen molar-refractivity contribution in [1.82, 2.24) is 52.1 Å². The molecular formula is C46H82N18O10. The summed E-state index contributed by atoms with van der Waals surface area (Å²) in [6.45, 7) is 1.83. The molecule has 2 rings (SSSR count). The van der Waals surface area contributed by atoms with Gasteiger partial charge in [0.1, 0.15) is 30.2 Å². The molecule has 416 valence electrons. The molecule has 1 aromatic heterocycles. The fourth-order valence-electron chi connectivity index (χ4n) is 7.91. The Balaban J connectivity index is 2.17. The summed E-state index contributed by atoms with van der Waals surface area (Å²) in [6.07, 6.45) is 6.88. The molecule has 0 aromatic carbocycles. The van der Waals surface area contributed by atoms with Crippen LogP contribution < -0.4 is 77.4 Å². The van der Waals surface area contributed by atoms with Crippen molar-refractivity contribution in [3.05, 3.63) is 29.9 Å². The summed E-state index contributed by atoms with van der Waals surface area (Å²) in [5, 5.41) is 28.8. The van der Waals surface area contributed by atoms with Crippen LogP contribution in [0.5, 0.6) is 0 Å². The minimum Gasteiger partial charge on any atom is -0.389 e. The number of rotatable bonds is 37. The lowest BCUT2D eigenvalue weighted by Crippen LogP contribution is -2.60. The summed E-state index contributed by atoms with van der Waals surface area (Å²) < 4.78 is 0. The first-order chi connectivity index (χ1) is 35.3. The maximum atomic E-state index is 14.2. The smallest absolute Gasteiger partial charge is 0.245 e. The monoisotopic (exact) mass is 1050 g/mol. The van der Waals surface area contributed by atoms with Gasteiger partial charge in [-0.3, -0.25) is 48.1 Å². The van der Waals surface area contributed by atoms with Crippen molar-refractivity contribution in [3.63, 3.8) is 0 Å². The standard InChI is InChI=1S/C46H82N18O10/c1-27(59-44(73)38(36(66)23-49)63-41(70)30(50)11-4-6-19-54-2)40(69)57-25-37(67)60-32(13-7-18-48)45(74)64-21-9-14-34(64)43(72)62-33(22-29-24-55-26-58-29)42(71)61-31(12-3-5-17-47)35(65)16-15-28(39(51)68)10-8-20-56-46(52)53/h10,24,26-27,30-34,36,38,54,66H,3-9,11-23,25,47-50H2,1-2H3,(H2,51,68)(H,55,58)(H,57,69)(H,59,73)(H,60,67)(H,61,71)(H,62,72)(H,63,70)(H4,52,53,56)/b28-10+/t27-,30-,31-,32+,33-,34-,36-,38-/m0/s1. The third-order valence-electron chi connectivity index (χ3n) is 12.1. The zero-order valence-electron chi connectivity index (χ0n) is 42.7. The van der Waals surface area contributed by atoms with E-state index in [2.05, 4.69) is 52.2 Å². The van der Waals surface area contributed by atoms with Gasteiger partial charge in [0.15, 0.2) is 11.7 Å². The van der Waals surface area contributed by atoms with Crippen LogP contribution in [0.1, 0.15) is 96.1 Å². The third-order valence-corrected chi connectivity index (χ3v) is 12.1. The number of carbonyl (C=O) groups is 9. The second-order valence-corrected chi connectivity index (χ2v) is 18.0. The quantitative estimate of drug-likeness (QED) is 0.0128. The molecule has 8 atom stereocenters. The summed E-state index contributed by atoms with van der Waals surface area (Å²) in [7, 11) is 1.79. The number of hydrogen-bond acceptors (Lipinski definition) is 17. The number of aliphatic hydroxyl groups is 1. The van der Waals surface area contributed by atoms with Gasteiger partial charge >= 0.3 is 0 Å². The number of ketones is 1. The first kappa shape index (κ1) is 63.5. The van der Waals surface area contributed by atoms with Gasteiger partial charge in [-0.05, 0) is 104 Å². The molecule has 0 radical (unpaired) electrons. The normalized spacial score (nSPS) is 16.3. The lowest BCUT2D eigenvalue weighted by molar-refractivity contribution is -0.142. The SMILES string of the molecule is CNCCCC[C@H](N)C(=O)N[C@H](C(=O)N[C@@H](C)C(=O)NCC(=O)N[C@H](CCCN)C(=O)N1CCC[C@H]1C(=O)N[C@@H](Cc1cnc[nH]1)C(=O)N[C@@H](CCCCN)C(=O)CC/C(=C\CCN=C(N)N)C(N)=O)[C@@H](O)CN. The molecule has 0 saturated carbocycles. The average molecular weight is 1050 g/mol. The zero-order chi connectivity index (χ0) is 55.2. The largest absolute Gasteiger partial charge is 0.389 e. The number of aliphatic hydroxyl groups excluding tert-OH is 1. The predicted molar refractivity (Wildman–Crippen MR) is 274 cm³/mol. The highest BCUT2D eigenvalue weighted by molar-refractivity contribution is 5.98. The second kappa shape index (κ2) is 34.8. The Morgan fingerprint density at radius 1 is 0.838 bits per heavy atom. The Labute approximate surface area is 431 Å². The molecule has 1 aliphatic heterocycles. The lowest BCUT2D eigenvalue weighted by Gasteiger charge is -2.30. The number of imidazole rings is 1. The maximum Gasteiger partial charge on any atom is 0.245 e. The summed E-state index contributed by atoms with van der Waals surface area (Å²) in [6, 6.07) is -8.32. The van der Waals surface area contributed by atoms with Crippen molar-refractivity contribution in [1.29, 1.82) is 0 Å². The molecule has 2 heterocycles. The van der Waals surface area contributed by atoms with Crippen molar-refractivity contribution in [2.45, 2.75) is 145 Å². The van der Waals surface area contributed by atoms with E-state index in [1.54, 1.807) is 13.1 Å². The Morgan fingerprint density at radius 3 is 2.18 bits per heavy atom. The van der Waals surface area contributed by atoms with Crippen LogP contribution in [0.2, 0.25) is 0 Å². The van der Waals surface area contributed by atoms with Gasteiger partial charge in [0.2, 0.25) is 47.3 Å². The number of primary amides is 1. The fourth-order valence-corrected chi connectivity index (χ4v) is 7.91. The molecule has 0 spiro atoms. The number of nitrogens with zero attached hydrogens (tertiary/aromatic N) is 3. The van der Waals surface area contributed by atoms with Crippen LogP contribution in [0.25, 0.3) is 0 Å². The molecule has 1 aromatic rings. The van der Waals surface area contributed by atoms with Crippen molar-refractivity contribution >= 4 is 59.0 Å². The minimum absolute atomic E-state index is 0.0140. The summed E-state index contributed by atoms with van der Waals surface area (Å²) in [4.78, 5) is 133. The molecule has 1 saturated heterocycles. The number of guanidine groups is 1. The summed E-state index contributed by atoms with van der Waals surface area (Å²) in [5.74, 6) is -6.44. The van der Waals surface area contributed by atoms with E-state index in [4.69, 9.17) is 40.1 Å². The van der Waals surface area contributed by atoms with Gasteiger partial charge in [-0.25, -0.2) is 4.98 Å². The Bertz CT molecular complexity index is 2030. The van der Waals surface area contributed by atoms with E-state index < -0.39 is 109 Å². The first-order valence-electron chi connectivity index (χ1n) is 25.1. The predicted octanol–water partition coefficient (Wildman–Crippen LogP) is -6.17. The van der Waals surface area contributed by atoms with Gasteiger partial charge < -0.3 is 92.3 Å². The number of aliphatic imine (C=N–C) groups is 1. The fraction of sp³-hybridized carbons (Fsp3) is 0.674. The van der Waals surface area contributed by atoms with E-state index in [1.807, 2.05) is 0 Å². The number of hydrogen-bond donors (Lipinski definition) is 16. The molecule has 28 heteroatoms. The number of amides is 8. The number of H-pyrrole nitrogens is 1. The van der Waals surface area contributed by atoms with E-state index in [0.29, 0.717) is 50.8 Å². The van der Waals surface area contributed by atoms with E-state index in [-0.39, 0.29) is 81.9 Å². The van der Waals surface area contributed by atoms with Gasteiger partial charge in [0, 0.05) is 49.9 Å². The molecule has 8 amide bonds. The van der Waals surface area contributed by atoms with Crippen molar-refractivity contribution in [2.75, 3.05) is 52.9 Å². The Morgan fingerprint density at radius 2 is 1.54 bits per heavy atom. The van der Waals surface area contributed by atoms with Crippen LogP contribution >= 0.6 is 0 Å². The lowest BCUT2D eigenvalue weighted by atomic mass is 9.98. The van der Waals surface area contributed by atoms with Crippen LogP contribution in [-0.4, -0.2) is 180 Å². The van der Waals surface area contributed by atoms with Crippen molar-refractivity contribution < 1.29 is 48.3 Å². The maximum absolute atomic E-state index is 14.2. The van der Waals surface area contributed by atoms with E-state index in [0.717, 1.165) is 13.0 Å². The highest BCUT2D eigenvalue weighted by Crippen LogP contribution is 2.21. The molecule has 1 aliphatic rings. The van der Waals surface area contributed by atoms with Gasteiger partial charge in [0.25, 0.3) is 0 Å². The Kier molecular flexibility index (Phi) is 29.8. The third kappa shape index (κ3) is 23.1. The van der Waals surface area contributed by atoms with E-state index >= 15 is 0 Å². The number of nitrogens with one attached hydrogen (secondary N) is 8. The van der Waals surface area contributed by atoms with E-state index in [9.17, 15) is 48.3 Å². The molecular weight excluding hydrogens is 965 g/mol. The van der Waals surface area contributed by atoms with Gasteiger partial charge in [-0.2, -0.15) is 0 Å². The number of carbonyl (C=O) groups excluding carboxylic acids is 9. The number of aromatic amines is 1. The molecule has 74 heavy (non-hydrogen) atoms. The van der Waals surface area contributed by atoms with E-state index in [1.165, 1.54) is 24.3 Å². The summed E-state index contributed by atoms with van der Waals surface area (Å²) >= 11 is 0. The van der Waals surface area contributed by atoms with Crippen LogP contribution in [0.4, 0.5) is 0 Å². The number of likely N-dealkylation sites (tertiary alicyclic amines) is 1. The summed E-state index contributed by atoms with van der Waals surface area (Å²) in [5.41, 5.74) is 40.0. The average Bonchev–Trinajstić information content (AvgIpc) is 4.09. The van der Waals surface area contributed by atoms with Gasteiger partial charge in [-0.15, -0.1) is 0 Å². The number of nitrogens with two attached hydrogens (primary N) is 7. The highest BCUT2D eigenvalue weighted by Gasteiger charge is 2.39.